The number of aromatic hydroxyl groups is 1. The maximum absolute atomic E-state index is 12.5. The number of anilines is 1. The van der Waals surface area contributed by atoms with Crippen LogP contribution in [0.2, 0.25) is 0 Å². The Morgan fingerprint density at radius 3 is 2.74 bits per heavy atom. The molecule has 5 nitrogen and oxygen atoms in total. The van der Waals surface area contributed by atoms with E-state index >= 15 is 0 Å². The normalized spacial score (nSPS) is 11.1. The Morgan fingerprint density at radius 1 is 1.26 bits per heavy atom. The van der Waals surface area contributed by atoms with Gasteiger partial charge in [0, 0.05) is 5.69 Å². The van der Waals surface area contributed by atoms with Crippen LogP contribution in [0.1, 0.15) is 35.7 Å². The maximum Gasteiger partial charge on any atom is 0.265 e. The highest BCUT2D eigenvalue weighted by Crippen LogP contribution is 2.30. The molecule has 0 radical (unpaired) electrons. The van der Waals surface area contributed by atoms with Crippen LogP contribution in [0.15, 0.2) is 40.5 Å². The summed E-state index contributed by atoms with van der Waals surface area (Å²) in [6.45, 7) is 4.04. The summed E-state index contributed by atoms with van der Waals surface area (Å²) in [4.78, 5) is 27.3. The highest BCUT2D eigenvalue weighted by molar-refractivity contribution is 7.17. The number of rotatable bonds is 3. The van der Waals surface area contributed by atoms with Crippen LogP contribution in [0.5, 0.6) is 5.75 Å². The number of amides is 1. The topological polar surface area (TPSA) is 82.2 Å². The van der Waals surface area contributed by atoms with Crippen molar-refractivity contribution in [1.29, 1.82) is 0 Å². The molecular weight excluding hydrogens is 312 g/mol. The lowest BCUT2D eigenvalue weighted by Gasteiger charge is -2.13. The molecular formula is C17H16N2O3S. The highest BCUT2D eigenvalue weighted by Gasteiger charge is 2.21. The van der Waals surface area contributed by atoms with E-state index in [1.54, 1.807) is 17.5 Å². The number of H-pyrrole nitrogens is 1. The number of pyridine rings is 1. The molecule has 0 fully saturated rings. The van der Waals surface area contributed by atoms with Crippen LogP contribution in [-0.4, -0.2) is 16.0 Å². The maximum atomic E-state index is 12.5. The van der Waals surface area contributed by atoms with Crippen LogP contribution >= 0.6 is 11.3 Å². The van der Waals surface area contributed by atoms with Crippen molar-refractivity contribution in [3.8, 4) is 5.75 Å². The first-order chi connectivity index (χ1) is 11.0. The third-order valence-corrected chi connectivity index (χ3v) is 4.57. The summed E-state index contributed by atoms with van der Waals surface area (Å²) in [5.74, 6) is -0.677. The van der Waals surface area contributed by atoms with Gasteiger partial charge in [0.15, 0.2) is 5.75 Å². The lowest BCUT2D eigenvalue weighted by atomic mass is 10.0. The molecule has 0 saturated carbocycles. The second kappa shape index (κ2) is 5.89. The minimum atomic E-state index is -0.618. The Hall–Kier alpha value is -2.60. The number of nitrogens with one attached hydrogen (secondary N) is 2. The van der Waals surface area contributed by atoms with E-state index in [0.29, 0.717) is 15.9 Å². The summed E-state index contributed by atoms with van der Waals surface area (Å²) in [5.41, 5.74) is 1.26. The van der Waals surface area contributed by atoms with Gasteiger partial charge < -0.3 is 15.4 Å². The summed E-state index contributed by atoms with van der Waals surface area (Å²) < 4.78 is 0.492. The summed E-state index contributed by atoms with van der Waals surface area (Å²) in [6.07, 6.45) is 0. The first-order valence-electron chi connectivity index (χ1n) is 7.21. The summed E-state index contributed by atoms with van der Waals surface area (Å²) in [6, 6.07) is 9.10. The van der Waals surface area contributed by atoms with E-state index in [2.05, 4.69) is 10.3 Å². The van der Waals surface area contributed by atoms with Gasteiger partial charge >= 0.3 is 0 Å². The van der Waals surface area contributed by atoms with Gasteiger partial charge in [-0.15, -0.1) is 11.3 Å². The zero-order valence-corrected chi connectivity index (χ0v) is 13.5. The monoisotopic (exact) mass is 328 g/mol. The van der Waals surface area contributed by atoms with Crippen LogP contribution < -0.4 is 10.9 Å². The highest BCUT2D eigenvalue weighted by atomic mass is 32.1. The van der Waals surface area contributed by atoms with Crippen molar-refractivity contribution in [2.45, 2.75) is 19.8 Å². The van der Waals surface area contributed by atoms with Crippen molar-refractivity contribution in [2.24, 2.45) is 0 Å². The third-order valence-electron chi connectivity index (χ3n) is 3.65. The Morgan fingerprint density at radius 2 is 2.00 bits per heavy atom. The number of thiophene rings is 1. The number of hydrogen-bond donors (Lipinski definition) is 3. The van der Waals surface area contributed by atoms with Crippen LogP contribution in [0.4, 0.5) is 5.69 Å². The number of fused-ring (bicyclic) bond motifs is 1. The van der Waals surface area contributed by atoms with Gasteiger partial charge in [-0.1, -0.05) is 32.0 Å². The van der Waals surface area contributed by atoms with Crippen LogP contribution in [-0.2, 0) is 0 Å². The molecule has 23 heavy (non-hydrogen) atoms. The van der Waals surface area contributed by atoms with Crippen molar-refractivity contribution in [3.63, 3.8) is 0 Å². The molecule has 0 saturated heterocycles. The second-order valence-electron chi connectivity index (χ2n) is 5.54. The molecule has 1 amide bonds. The summed E-state index contributed by atoms with van der Waals surface area (Å²) >= 11 is 1.27. The van der Waals surface area contributed by atoms with E-state index in [9.17, 15) is 14.7 Å². The number of carbonyl (C=O) groups is 1. The molecule has 1 aromatic carbocycles. The van der Waals surface area contributed by atoms with E-state index in [-0.39, 0.29) is 17.2 Å². The van der Waals surface area contributed by atoms with E-state index in [1.807, 2.05) is 32.0 Å². The number of aromatic amines is 1. The Bertz CT molecular complexity index is 940. The van der Waals surface area contributed by atoms with E-state index in [0.717, 1.165) is 5.56 Å². The minimum absolute atomic E-state index is 0.221. The molecule has 118 valence electrons. The van der Waals surface area contributed by atoms with Gasteiger partial charge in [0.05, 0.1) is 10.2 Å². The van der Waals surface area contributed by atoms with Crippen molar-refractivity contribution < 1.29 is 9.90 Å². The van der Waals surface area contributed by atoms with Crippen molar-refractivity contribution >= 4 is 33.1 Å². The molecule has 0 spiro atoms. The molecule has 0 atom stereocenters. The smallest absolute Gasteiger partial charge is 0.265 e. The predicted molar refractivity (Wildman–Crippen MR) is 92.6 cm³/mol. The lowest BCUT2D eigenvalue weighted by molar-refractivity contribution is 0.102. The fraction of sp³-hybridized carbons (Fsp3) is 0.176. The number of benzene rings is 1. The number of hydrogen-bond acceptors (Lipinski definition) is 4. The quantitative estimate of drug-likeness (QED) is 0.686. The van der Waals surface area contributed by atoms with Gasteiger partial charge in [0.2, 0.25) is 0 Å². The molecule has 0 aliphatic heterocycles. The largest absolute Gasteiger partial charge is 0.505 e. The fourth-order valence-corrected chi connectivity index (χ4v) is 3.31. The van der Waals surface area contributed by atoms with E-state index < -0.39 is 11.5 Å². The average Bonchev–Trinajstić information content (AvgIpc) is 2.96. The van der Waals surface area contributed by atoms with Crippen LogP contribution in [0.25, 0.3) is 10.2 Å². The Balaban J connectivity index is 2.04. The molecule has 3 rings (SSSR count). The molecule has 2 aromatic heterocycles. The number of carbonyl (C=O) groups excluding carboxylic acids is 1. The van der Waals surface area contributed by atoms with Crippen LogP contribution in [0.3, 0.4) is 0 Å². The van der Waals surface area contributed by atoms with Gasteiger partial charge in [-0.2, -0.15) is 0 Å². The summed E-state index contributed by atoms with van der Waals surface area (Å²) in [7, 11) is 0. The van der Waals surface area contributed by atoms with Crippen molar-refractivity contribution in [2.75, 3.05) is 5.32 Å². The molecule has 2 heterocycles. The summed E-state index contributed by atoms with van der Waals surface area (Å²) in [5, 5.41) is 14.8. The van der Waals surface area contributed by atoms with E-state index in [4.69, 9.17) is 0 Å². The SMILES string of the molecule is CC(C)c1ccccc1NC(=O)c1c(O)c2sccc2[nH]c1=O. The molecule has 0 unspecified atom stereocenters. The zero-order valence-electron chi connectivity index (χ0n) is 12.7. The molecule has 0 bridgehead atoms. The van der Waals surface area contributed by atoms with Crippen molar-refractivity contribution in [1.82, 2.24) is 4.98 Å². The molecule has 3 N–H and O–H groups in total. The van der Waals surface area contributed by atoms with Gasteiger partial charge in [0.1, 0.15) is 5.56 Å². The Kier molecular flexibility index (Phi) is 3.92. The fourth-order valence-electron chi connectivity index (χ4n) is 2.51. The molecule has 0 aliphatic rings. The Labute approximate surface area is 136 Å². The lowest BCUT2D eigenvalue weighted by Crippen LogP contribution is -2.23. The van der Waals surface area contributed by atoms with Gasteiger partial charge in [0.25, 0.3) is 11.5 Å². The van der Waals surface area contributed by atoms with E-state index in [1.165, 1.54) is 11.3 Å². The second-order valence-corrected chi connectivity index (χ2v) is 6.45. The number of aromatic nitrogens is 1. The average molecular weight is 328 g/mol. The molecule has 0 aliphatic carbocycles. The third kappa shape index (κ3) is 2.73. The van der Waals surface area contributed by atoms with Crippen molar-refractivity contribution in [3.05, 3.63) is 57.2 Å². The standard InChI is InChI=1S/C17H16N2O3S/c1-9(2)10-5-3-4-6-11(10)18-16(21)13-14(20)15-12(7-8-23-15)19-17(13)22/h3-9H,1-2H3,(H,18,21)(H2,19,20,22). The minimum Gasteiger partial charge on any atom is -0.505 e. The van der Waals surface area contributed by atoms with Gasteiger partial charge in [-0.05, 0) is 29.0 Å². The zero-order chi connectivity index (χ0) is 16.6. The van der Waals surface area contributed by atoms with Crippen LogP contribution in [0, 0.1) is 0 Å². The first-order valence-corrected chi connectivity index (χ1v) is 8.09. The molecule has 6 heteroatoms. The predicted octanol–water partition coefficient (Wildman–Crippen LogP) is 3.67. The van der Waals surface area contributed by atoms with Gasteiger partial charge in [-0.3, -0.25) is 9.59 Å². The number of para-hydroxylation sites is 1. The molecule has 3 aromatic rings. The van der Waals surface area contributed by atoms with Gasteiger partial charge in [-0.25, -0.2) is 0 Å². The first kappa shape index (κ1) is 15.3.